The Labute approximate surface area is 137 Å². The molecule has 5 radical (unpaired) electrons. The fourth-order valence-corrected chi connectivity index (χ4v) is 2.17. The van der Waals surface area contributed by atoms with Gasteiger partial charge >= 0.3 is 35.6 Å². The third kappa shape index (κ3) is 7.18. The molecule has 0 aliphatic heterocycles. The van der Waals surface area contributed by atoms with Gasteiger partial charge < -0.3 is 5.32 Å². The summed E-state index contributed by atoms with van der Waals surface area (Å²) in [6.45, 7) is 16.3. The first-order valence-electron chi connectivity index (χ1n) is 6.52. The summed E-state index contributed by atoms with van der Waals surface area (Å²) in [5.41, 5.74) is 0.0957. The molecule has 0 saturated heterocycles. The van der Waals surface area contributed by atoms with Crippen LogP contribution >= 0.6 is 18.6 Å². The quantitative estimate of drug-likeness (QED) is 0.570. The molecule has 109 valence electrons. The molecular formula is C15H25Cl2NTi-. The van der Waals surface area contributed by atoms with E-state index in [9.17, 15) is 0 Å². The average Bonchev–Trinajstić information content (AvgIpc) is 2.46. The van der Waals surface area contributed by atoms with Gasteiger partial charge in [0.05, 0.1) is 0 Å². The predicted octanol–water partition coefficient (Wildman–Crippen LogP) is 5.89. The van der Waals surface area contributed by atoms with Crippen molar-refractivity contribution in [2.24, 2.45) is 0 Å². The second kappa shape index (κ2) is 9.31. The van der Waals surface area contributed by atoms with Crippen molar-refractivity contribution in [2.75, 3.05) is 6.54 Å². The first-order valence-corrected chi connectivity index (χ1v) is 10.8. The van der Waals surface area contributed by atoms with E-state index in [4.69, 9.17) is 18.6 Å². The van der Waals surface area contributed by atoms with Crippen LogP contribution in [0.5, 0.6) is 0 Å². The Bertz CT molecular complexity index is 229. The van der Waals surface area contributed by atoms with Gasteiger partial charge in [0.15, 0.2) is 0 Å². The molecule has 0 amide bonds. The number of nitrogens with zero attached hydrogens (tertiary/aromatic N) is 1. The monoisotopic (exact) mass is 337 g/mol. The summed E-state index contributed by atoms with van der Waals surface area (Å²) in [4.78, 5) is 0. The van der Waals surface area contributed by atoms with Crippen LogP contribution in [0.25, 0.3) is 5.32 Å². The number of hydrogen-bond donors (Lipinski definition) is 0. The van der Waals surface area contributed by atoms with Crippen molar-refractivity contribution in [2.45, 2.75) is 60.4 Å². The van der Waals surface area contributed by atoms with Crippen molar-refractivity contribution in [1.82, 2.24) is 0 Å². The van der Waals surface area contributed by atoms with E-state index in [1.54, 1.807) is 0 Å². The fourth-order valence-electron chi connectivity index (χ4n) is 2.17. The maximum atomic E-state index is 4.89. The van der Waals surface area contributed by atoms with Crippen molar-refractivity contribution >= 4 is 18.6 Å². The summed E-state index contributed by atoms with van der Waals surface area (Å²) in [6, 6.07) is 0. The molecule has 0 N–H and O–H groups in total. The zero-order chi connectivity index (χ0) is 15.2. The first kappa shape index (κ1) is 20.3. The summed E-state index contributed by atoms with van der Waals surface area (Å²) >= 11 is -0.556. The Morgan fingerprint density at radius 1 is 0.895 bits per heavy atom. The topological polar surface area (TPSA) is 14.1 Å². The molecule has 19 heavy (non-hydrogen) atoms. The van der Waals surface area contributed by atoms with E-state index in [-0.39, 0.29) is 5.54 Å². The molecule has 0 heterocycles. The van der Waals surface area contributed by atoms with Crippen LogP contribution in [0, 0.1) is 29.6 Å². The van der Waals surface area contributed by atoms with Crippen LogP contribution in [-0.2, 0) is 17.0 Å². The average molecular weight is 338 g/mol. The molecule has 0 spiro atoms. The van der Waals surface area contributed by atoms with Gasteiger partial charge in [0.2, 0.25) is 0 Å². The van der Waals surface area contributed by atoms with Crippen LogP contribution in [-0.4, -0.2) is 12.1 Å². The van der Waals surface area contributed by atoms with Gasteiger partial charge in [-0.2, -0.15) is 0 Å². The Kier molecular flexibility index (Phi) is 9.92. The third-order valence-corrected chi connectivity index (χ3v) is 3.54. The molecule has 0 unspecified atom stereocenters. The molecule has 1 saturated carbocycles. The molecule has 0 bridgehead atoms. The molecule has 1 aliphatic rings. The Balaban J connectivity index is 0.000000982. The second-order valence-corrected chi connectivity index (χ2v) is 8.43. The first-order chi connectivity index (χ1) is 8.65. The summed E-state index contributed by atoms with van der Waals surface area (Å²) in [5.74, 6) is 7.38. The molecule has 0 aromatic heterocycles. The summed E-state index contributed by atoms with van der Waals surface area (Å²) < 4.78 is 0. The van der Waals surface area contributed by atoms with Gasteiger partial charge in [-0.1, -0.05) is 54.9 Å². The van der Waals surface area contributed by atoms with Gasteiger partial charge in [-0.05, 0) is 29.6 Å². The summed E-state index contributed by atoms with van der Waals surface area (Å²) in [7, 11) is 9.78. The molecule has 0 atom stereocenters. The van der Waals surface area contributed by atoms with Crippen molar-refractivity contribution in [3.8, 4) is 0 Å². The van der Waals surface area contributed by atoms with E-state index < -0.39 is 17.0 Å². The van der Waals surface area contributed by atoms with Crippen LogP contribution in [0.4, 0.5) is 0 Å². The fraction of sp³-hybridized carbons (Fsp3) is 0.667. The van der Waals surface area contributed by atoms with Gasteiger partial charge in [0.1, 0.15) is 0 Å². The standard InChI is InChI=1S/C15H25N.2ClH.Ti/c1-10-11(2)13(4)14(12(10)3)8-9-16-15(5,6)7;;;/h8-9H2,1-7H3;2*1H;/q-1;;;+2/p-2. The molecule has 0 aromatic carbocycles. The zero-order valence-corrected chi connectivity index (χ0v) is 16.2. The number of hydrogen-bond acceptors (Lipinski definition) is 0. The van der Waals surface area contributed by atoms with Crippen LogP contribution in [0.1, 0.15) is 54.9 Å². The minimum absolute atomic E-state index is 0.0957. The second-order valence-electron chi connectivity index (χ2n) is 5.85. The van der Waals surface area contributed by atoms with E-state index in [0.717, 1.165) is 13.0 Å². The summed E-state index contributed by atoms with van der Waals surface area (Å²) in [5, 5.41) is 4.67. The number of halogens is 2. The van der Waals surface area contributed by atoms with Crippen LogP contribution in [0.3, 0.4) is 0 Å². The number of rotatable bonds is 3. The molecule has 1 aliphatic carbocycles. The van der Waals surface area contributed by atoms with Crippen LogP contribution in [0.15, 0.2) is 0 Å². The van der Waals surface area contributed by atoms with Gasteiger partial charge in [0, 0.05) is 0 Å². The van der Waals surface area contributed by atoms with E-state index in [1.807, 2.05) is 0 Å². The van der Waals surface area contributed by atoms with Gasteiger partial charge in [-0.15, -0.1) is 12.1 Å². The Morgan fingerprint density at radius 2 is 1.26 bits per heavy atom. The predicted molar refractivity (Wildman–Crippen MR) is 83.2 cm³/mol. The molecule has 1 nitrogen and oxygen atoms in total. The van der Waals surface area contributed by atoms with Gasteiger partial charge in [-0.3, -0.25) is 0 Å². The van der Waals surface area contributed by atoms with Crippen LogP contribution in [0.2, 0.25) is 0 Å². The Hall–Kier alpha value is 1.25. The van der Waals surface area contributed by atoms with Crippen molar-refractivity contribution in [3.63, 3.8) is 0 Å². The van der Waals surface area contributed by atoms with Crippen molar-refractivity contribution < 1.29 is 17.0 Å². The molecular weight excluding hydrogens is 313 g/mol. The van der Waals surface area contributed by atoms with E-state index in [1.165, 1.54) is 29.6 Å². The van der Waals surface area contributed by atoms with E-state index in [2.05, 4.69) is 53.8 Å². The van der Waals surface area contributed by atoms with Gasteiger partial charge in [0.25, 0.3) is 0 Å². The summed E-state index contributed by atoms with van der Waals surface area (Å²) in [6.07, 6.45) is 1.09. The zero-order valence-electron chi connectivity index (χ0n) is 13.1. The third-order valence-electron chi connectivity index (χ3n) is 3.54. The minimum atomic E-state index is -0.556. The van der Waals surface area contributed by atoms with Gasteiger partial charge in [-0.25, -0.2) is 0 Å². The van der Waals surface area contributed by atoms with Crippen molar-refractivity contribution in [1.29, 1.82) is 0 Å². The molecule has 1 rings (SSSR count). The van der Waals surface area contributed by atoms with Crippen LogP contribution < -0.4 is 0 Å². The molecule has 0 aromatic rings. The van der Waals surface area contributed by atoms with E-state index in [0.29, 0.717) is 0 Å². The van der Waals surface area contributed by atoms with E-state index >= 15 is 0 Å². The van der Waals surface area contributed by atoms with Crippen molar-refractivity contribution in [3.05, 3.63) is 34.9 Å². The Morgan fingerprint density at radius 3 is 1.58 bits per heavy atom. The molecule has 4 heteroatoms. The molecule has 1 fully saturated rings. The SMILES string of the molecule is C[C]1[C](C)[C](C)[C](CC[N-]C(C)(C)C)[C]1C.[Cl][Ti][Cl]. The normalized spacial score (nSPS) is 20.5. The maximum absolute atomic E-state index is 4.89.